The van der Waals surface area contributed by atoms with E-state index < -0.39 is 18.4 Å². The van der Waals surface area contributed by atoms with Crippen LogP contribution in [0.2, 0.25) is 0 Å². The van der Waals surface area contributed by atoms with Crippen molar-refractivity contribution in [3.05, 3.63) is 59.7 Å². The summed E-state index contributed by atoms with van der Waals surface area (Å²) in [6.07, 6.45) is 1.77. The van der Waals surface area contributed by atoms with Crippen LogP contribution in [0.1, 0.15) is 29.8 Å². The molecule has 0 spiro atoms. The first-order chi connectivity index (χ1) is 12.5. The molecule has 6 heteroatoms. The highest BCUT2D eigenvalue weighted by molar-refractivity contribution is 5.96. The minimum atomic E-state index is -1.08. The van der Waals surface area contributed by atoms with Crippen LogP contribution in [0.25, 0.3) is 0 Å². The monoisotopic (exact) mass is 353 g/mol. The fraction of sp³-hybridized carbons (Fsp3) is 0.250. The fourth-order valence-electron chi connectivity index (χ4n) is 2.47. The zero-order valence-electron chi connectivity index (χ0n) is 15.0. The predicted molar refractivity (Wildman–Crippen MR) is 104 cm³/mol. The molecule has 0 radical (unpaired) electrons. The SMILES string of the molecule is CCN(CC)c1ccc(C=Nc2ccc(C(=O)NCC(=O)O)cc2)cc1. The Morgan fingerprint density at radius 2 is 1.65 bits per heavy atom. The topological polar surface area (TPSA) is 82.0 Å². The number of nitrogens with one attached hydrogen (secondary N) is 1. The number of hydrogen-bond acceptors (Lipinski definition) is 4. The molecule has 0 aliphatic carbocycles. The Balaban J connectivity index is 2.00. The molecule has 0 unspecified atom stereocenters. The summed E-state index contributed by atoms with van der Waals surface area (Å²) in [4.78, 5) is 28.9. The Labute approximate surface area is 153 Å². The van der Waals surface area contributed by atoms with Crippen molar-refractivity contribution in [2.75, 3.05) is 24.5 Å². The first-order valence-electron chi connectivity index (χ1n) is 8.52. The van der Waals surface area contributed by atoms with E-state index in [0.717, 1.165) is 18.7 Å². The smallest absolute Gasteiger partial charge is 0.322 e. The molecule has 1 amide bonds. The van der Waals surface area contributed by atoms with E-state index in [0.29, 0.717) is 11.3 Å². The molecule has 2 rings (SSSR count). The van der Waals surface area contributed by atoms with Crippen molar-refractivity contribution < 1.29 is 14.7 Å². The largest absolute Gasteiger partial charge is 0.480 e. The summed E-state index contributed by atoms with van der Waals surface area (Å²) >= 11 is 0. The van der Waals surface area contributed by atoms with Gasteiger partial charge >= 0.3 is 5.97 Å². The fourth-order valence-corrected chi connectivity index (χ4v) is 2.47. The number of rotatable bonds is 8. The lowest BCUT2D eigenvalue weighted by Gasteiger charge is -2.20. The third-order valence-corrected chi connectivity index (χ3v) is 3.91. The number of carboxylic acids is 1. The summed E-state index contributed by atoms with van der Waals surface area (Å²) in [7, 11) is 0. The van der Waals surface area contributed by atoms with Crippen molar-refractivity contribution in [1.82, 2.24) is 5.32 Å². The van der Waals surface area contributed by atoms with Gasteiger partial charge in [-0.1, -0.05) is 12.1 Å². The Kier molecular flexibility index (Phi) is 6.91. The van der Waals surface area contributed by atoms with Crippen molar-refractivity contribution in [2.24, 2.45) is 4.99 Å². The van der Waals surface area contributed by atoms with Gasteiger partial charge in [-0.25, -0.2) is 0 Å². The van der Waals surface area contributed by atoms with Gasteiger partial charge in [0, 0.05) is 30.6 Å². The average molecular weight is 353 g/mol. The second-order valence-corrected chi connectivity index (χ2v) is 5.65. The van der Waals surface area contributed by atoms with Gasteiger partial charge in [-0.3, -0.25) is 14.6 Å². The molecule has 0 atom stereocenters. The quantitative estimate of drug-likeness (QED) is 0.715. The zero-order valence-corrected chi connectivity index (χ0v) is 15.0. The third-order valence-electron chi connectivity index (χ3n) is 3.91. The van der Waals surface area contributed by atoms with Crippen molar-refractivity contribution in [1.29, 1.82) is 0 Å². The minimum Gasteiger partial charge on any atom is -0.480 e. The first-order valence-corrected chi connectivity index (χ1v) is 8.52. The van der Waals surface area contributed by atoms with Crippen LogP contribution in [0.5, 0.6) is 0 Å². The molecule has 6 nitrogen and oxygen atoms in total. The van der Waals surface area contributed by atoms with Gasteiger partial charge in [0.15, 0.2) is 0 Å². The van der Waals surface area contributed by atoms with Crippen molar-refractivity contribution >= 4 is 29.5 Å². The van der Waals surface area contributed by atoms with Crippen LogP contribution < -0.4 is 10.2 Å². The molecular weight excluding hydrogens is 330 g/mol. The summed E-state index contributed by atoms with van der Waals surface area (Å²) < 4.78 is 0. The number of nitrogens with zero attached hydrogens (tertiary/aromatic N) is 2. The number of carboxylic acid groups (broad SMARTS) is 1. The summed E-state index contributed by atoms with van der Waals surface area (Å²) in [6, 6.07) is 14.9. The zero-order chi connectivity index (χ0) is 18.9. The van der Waals surface area contributed by atoms with Gasteiger partial charge in [-0.15, -0.1) is 0 Å². The van der Waals surface area contributed by atoms with Gasteiger partial charge in [0.1, 0.15) is 6.54 Å². The number of carbonyl (C=O) groups is 2. The number of aliphatic carboxylic acids is 1. The lowest BCUT2D eigenvalue weighted by atomic mass is 10.2. The van der Waals surface area contributed by atoms with E-state index in [1.54, 1.807) is 30.5 Å². The molecule has 0 aliphatic rings. The highest BCUT2D eigenvalue weighted by Crippen LogP contribution is 2.16. The molecule has 2 aromatic rings. The Bertz CT molecular complexity index is 764. The van der Waals surface area contributed by atoms with E-state index in [-0.39, 0.29) is 0 Å². The molecular formula is C20H23N3O3. The molecule has 0 saturated heterocycles. The molecule has 2 aromatic carbocycles. The molecule has 0 saturated carbocycles. The second kappa shape index (κ2) is 9.36. The van der Waals surface area contributed by atoms with E-state index in [4.69, 9.17) is 5.11 Å². The Hall–Kier alpha value is -3.15. The van der Waals surface area contributed by atoms with Gasteiger partial charge in [0.05, 0.1) is 5.69 Å². The maximum atomic E-state index is 11.8. The van der Waals surface area contributed by atoms with E-state index in [1.807, 2.05) is 12.1 Å². The number of anilines is 1. The summed E-state index contributed by atoms with van der Waals surface area (Å²) in [5, 5.41) is 10.9. The van der Waals surface area contributed by atoms with Crippen LogP contribution >= 0.6 is 0 Å². The second-order valence-electron chi connectivity index (χ2n) is 5.65. The predicted octanol–water partition coefficient (Wildman–Crippen LogP) is 3.10. The molecule has 0 aromatic heterocycles. The third kappa shape index (κ3) is 5.44. The average Bonchev–Trinajstić information content (AvgIpc) is 2.67. The number of aliphatic imine (C=N–C) groups is 1. The maximum Gasteiger partial charge on any atom is 0.322 e. The molecule has 0 heterocycles. The van der Waals surface area contributed by atoms with Gasteiger partial charge < -0.3 is 15.3 Å². The minimum absolute atomic E-state index is 0.397. The summed E-state index contributed by atoms with van der Waals surface area (Å²) in [5.41, 5.74) is 3.29. The molecule has 0 fully saturated rings. The molecule has 0 bridgehead atoms. The molecule has 136 valence electrons. The van der Waals surface area contributed by atoms with E-state index >= 15 is 0 Å². The first kappa shape index (κ1) is 19.2. The van der Waals surface area contributed by atoms with E-state index in [2.05, 4.69) is 41.2 Å². The van der Waals surface area contributed by atoms with Gasteiger partial charge in [0.2, 0.25) is 0 Å². The van der Waals surface area contributed by atoms with Gasteiger partial charge in [-0.2, -0.15) is 0 Å². The Morgan fingerprint density at radius 1 is 1.04 bits per heavy atom. The maximum absolute atomic E-state index is 11.8. The van der Waals surface area contributed by atoms with Crippen molar-refractivity contribution in [2.45, 2.75) is 13.8 Å². The number of carbonyl (C=O) groups excluding carboxylic acids is 1. The van der Waals surface area contributed by atoms with E-state index in [1.165, 1.54) is 5.69 Å². The van der Waals surface area contributed by atoms with Gasteiger partial charge in [0.25, 0.3) is 5.91 Å². The number of hydrogen-bond donors (Lipinski definition) is 2. The molecule has 26 heavy (non-hydrogen) atoms. The summed E-state index contributed by atoms with van der Waals surface area (Å²) in [6.45, 7) is 5.80. The standard InChI is InChI=1S/C20H23N3O3/c1-3-23(4-2)18-11-5-15(6-12-18)13-21-17-9-7-16(8-10-17)20(26)22-14-19(24)25/h5-13H,3-4,14H2,1-2H3,(H,22,26)(H,24,25). The van der Waals surface area contributed by atoms with E-state index in [9.17, 15) is 9.59 Å². The lowest BCUT2D eigenvalue weighted by molar-refractivity contribution is -0.135. The normalized spacial score (nSPS) is 10.7. The van der Waals surface area contributed by atoms with Crippen LogP contribution in [0, 0.1) is 0 Å². The highest BCUT2D eigenvalue weighted by Gasteiger charge is 2.06. The summed E-state index contributed by atoms with van der Waals surface area (Å²) in [5.74, 6) is -1.50. The van der Waals surface area contributed by atoms with Crippen LogP contribution in [0.15, 0.2) is 53.5 Å². The van der Waals surface area contributed by atoms with Crippen LogP contribution in [0.3, 0.4) is 0 Å². The van der Waals surface area contributed by atoms with Crippen LogP contribution in [-0.4, -0.2) is 42.8 Å². The number of amides is 1. The van der Waals surface area contributed by atoms with Crippen molar-refractivity contribution in [3.8, 4) is 0 Å². The van der Waals surface area contributed by atoms with Crippen LogP contribution in [-0.2, 0) is 4.79 Å². The van der Waals surface area contributed by atoms with Crippen LogP contribution in [0.4, 0.5) is 11.4 Å². The number of benzene rings is 2. The van der Waals surface area contributed by atoms with Gasteiger partial charge in [-0.05, 0) is 55.8 Å². The Morgan fingerprint density at radius 3 is 2.19 bits per heavy atom. The lowest BCUT2D eigenvalue weighted by Crippen LogP contribution is -2.29. The highest BCUT2D eigenvalue weighted by atomic mass is 16.4. The molecule has 0 aliphatic heterocycles. The van der Waals surface area contributed by atoms with Crippen molar-refractivity contribution in [3.63, 3.8) is 0 Å². The molecule has 2 N–H and O–H groups in total.